The molecule has 0 amide bonds. The first-order chi connectivity index (χ1) is 8.58. The molecule has 0 aliphatic rings. The van der Waals surface area contributed by atoms with Gasteiger partial charge in [0.05, 0.1) is 13.2 Å². The second-order valence-electron chi connectivity index (χ2n) is 3.96. The molecule has 0 bridgehead atoms. The van der Waals surface area contributed by atoms with E-state index in [-0.39, 0.29) is 6.42 Å². The first-order valence-corrected chi connectivity index (χ1v) is 5.80. The van der Waals surface area contributed by atoms with Gasteiger partial charge in [0.2, 0.25) is 0 Å². The van der Waals surface area contributed by atoms with Gasteiger partial charge in [-0.3, -0.25) is 4.79 Å². The standard InChI is InChI=1S/C13H19NO4/c1-3-18-12-5-4-9(8-17-2)6-10(12)7-11(14)13(15)16/h4-6,11H,3,7-8,14H2,1-2H3,(H,15,16). The van der Waals surface area contributed by atoms with E-state index in [2.05, 4.69) is 0 Å². The molecule has 0 aliphatic carbocycles. The van der Waals surface area contributed by atoms with E-state index in [9.17, 15) is 4.79 Å². The highest BCUT2D eigenvalue weighted by molar-refractivity contribution is 5.73. The number of aliphatic carboxylic acids is 1. The van der Waals surface area contributed by atoms with Crippen LogP contribution in [0, 0.1) is 0 Å². The molecule has 0 aromatic heterocycles. The Morgan fingerprint density at radius 3 is 2.78 bits per heavy atom. The molecule has 1 unspecified atom stereocenters. The number of carbonyl (C=O) groups is 1. The van der Waals surface area contributed by atoms with Gasteiger partial charge < -0.3 is 20.3 Å². The van der Waals surface area contributed by atoms with E-state index in [0.717, 1.165) is 11.1 Å². The molecule has 100 valence electrons. The zero-order valence-corrected chi connectivity index (χ0v) is 10.7. The topological polar surface area (TPSA) is 81.8 Å². The molecule has 1 aromatic carbocycles. The lowest BCUT2D eigenvalue weighted by Crippen LogP contribution is -2.32. The minimum atomic E-state index is -1.02. The lowest BCUT2D eigenvalue weighted by Gasteiger charge is -2.14. The van der Waals surface area contributed by atoms with Gasteiger partial charge in [-0.1, -0.05) is 6.07 Å². The van der Waals surface area contributed by atoms with Crippen molar-refractivity contribution in [1.82, 2.24) is 0 Å². The Kier molecular flexibility index (Phi) is 5.61. The Bertz CT molecular complexity index is 406. The predicted octanol–water partition coefficient (Wildman–Crippen LogP) is 1.19. The van der Waals surface area contributed by atoms with Gasteiger partial charge in [-0.2, -0.15) is 0 Å². The minimum Gasteiger partial charge on any atom is -0.494 e. The van der Waals surface area contributed by atoms with Gasteiger partial charge in [-0.15, -0.1) is 0 Å². The second kappa shape index (κ2) is 6.98. The number of ether oxygens (including phenoxy) is 2. The van der Waals surface area contributed by atoms with E-state index in [1.54, 1.807) is 7.11 Å². The van der Waals surface area contributed by atoms with Gasteiger partial charge in [0, 0.05) is 13.5 Å². The molecule has 0 spiro atoms. The van der Waals surface area contributed by atoms with Crippen LogP contribution in [0.15, 0.2) is 18.2 Å². The third-order valence-corrected chi connectivity index (χ3v) is 2.49. The molecular formula is C13H19NO4. The molecule has 18 heavy (non-hydrogen) atoms. The maximum absolute atomic E-state index is 10.8. The largest absolute Gasteiger partial charge is 0.494 e. The molecule has 0 saturated heterocycles. The fourth-order valence-electron chi connectivity index (χ4n) is 1.67. The van der Waals surface area contributed by atoms with Crippen molar-refractivity contribution in [2.75, 3.05) is 13.7 Å². The number of carboxylic acids is 1. The molecular weight excluding hydrogens is 234 g/mol. The highest BCUT2D eigenvalue weighted by Gasteiger charge is 2.15. The number of carboxylic acid groups (broad SMARTS) is 1. The highest BCUT2D eigenvalue weighted by Crippen LogP contribution is 2.22. The van der Waals surface area contributed by atoms with Gasteiger partial charge >= 0.3 is 5.97 Å². The normalized spacial score (nSPS) is 12.2. The van der Waals surface area contributed by atoms with Gasteiger partial charge in [-0.05, 0) is 30.2 Å². The fraction of sp³-hybridized carbons (Fsp3) is 0.462. The summed E-state index contributed by atoms with van der Waals surface area (Å²) in [7, 11) is 1.61. The summed E-state index contributed by atoms with van der Waals surface area (Å²) in [5.41, 5.74) is 7.31. The first-order valence-electron chi connectivity index (χ1n) is 5.80. The van der Waals surface area contributed by atoms with Crippen LogP contribution in [-0.4, -0.2) is 30.8 Å². The molecule has 5 heteroatoms. The number of rotatable bonds is 7. The van der Waals surface area contributed by atoms with Gasteiger partial charge in [-0.25, -0.2) is 0 Å². The summed E-state index contributed by atoms with van der Waals surface area (Å²) in [6.45, 7) is 2.88. The lowest BCUT2D eigenvalue weighted by molar-refractivity contribution is -0.138. The summed E-state index contributed by atoms with van der Waals surface area (Å²) in [6, 6.07) is 4.66. The fourth-order valence-corrected chi connectivity index (χ4v) is 1.67. The van der Waals surface area contributed by atoms with E-state index in [1.807, 2.05) is 25.1 Å². The van der Waals surface area contributed by atoms with Crippen LogP contribution in [0.1, 0.15) is 18.1 Å². The molecule has 0 heterocycles. The van der Waals surface area contributed by atoms with Crippen molar-refractivity contribution in [2.45, 2.75) is 26.0 Å². The van der Waals surface area contributed by atoms with Gasteiger partial charge in [0.25, 0.3) is 0 Å². The van der Waals surface area contributed by atoms with Crippen LogP contribution >= 0.6 is 0 Å². The molecule has 1 rings (SSSR count). The van der Waals surface area contributed by atoms with E-state index < -0.39 is 12.0 Å². The van der Waals surface area contributed by atoms with Crippen LogP contribution < -0.4 is 10.5 Å². The van der Waals surface area contributed by atoms with E-state index in [1.165, 1.54) is 0 Å². The van der Waals surface area contributed by atoms with Gasteiger partial charge in [0.15, 0.2) is 0 Å². The molecule has 5 nitrogen and oxygen atoms in total. The smallest absolute Gasteiger partial charge is 0.320 e. The molecule has 0 radical (unpaired) electrons. The number of hydrogen-bond acceptors (Lipinski definition) is 4. The Balaban J connectivity index is 2.95. The Hall–Kier alpha value is -1.59. The SMILES string of the molecule is CCOc1ccc(COC)cc1CC(N)C(=O)O. The van der Waals surface area contributed by atoms with Crippen molar-refractivity contribution >= 4 is 5.97 Å². The summed E-state index contributed by atoms with van der Waals surface area (Å²) < 4.78 is 10.5. The van der Waals surface area contributed by atoms with Crippen LogP contribution in [0.3, 0.4) is 0 Å². The minimum absolute atomic E-state index is 0.238. The number of hydrogen-bond donors (Lipinski definition) is 2. The molecule has 0 aliphatic heterocycles. The number of methoxy groups -OCH3 is 1. The Labute approximate surface area is 107 Å². The summed E-state index contributed by atoms with van der Waals surface area (Å²) in [5.74, 6) is -0.344. The maximum atomic E-state index is 10.8. The van der Waals surface area contributed by atoms with Gasteiger partial charge in [0.1, 0.15) is 11.8 Å². The molecule has 1 atom stereocenters. The average Bonchev–Trinajstić information content (AvgIpc) is 2.33. The second-order valence-corrected chi connectivity index (χ2v) is 3.96. The third kappa shape index (κ3) is 4.01. The summed E-state index contributed by atoms with van der Waals surface area (Å²) >= 11 is 0. The molecule has 1 aromatic rings. The lowest BCUT2D eigenvalue weighted by atomic mass is 10.0. The van der Waals surface area contributed by atoms with Crippen molar-refractivity contribution in [3.05, 3.63) is 29.3 Å². The first kappa shape index (κ1) is 14.5. The van der Waals surface area contributed by atoms with Crippen molar-refractivity contribution < 1.29 is 19.4 Å². The zero-order chi connectivity index (χ0) is 13.5. The Morgan fingerprint density at radius 1 is 1.50 bits per heavy atom. The summed E-state index contributed by atoms with van der Waals surface area (Å²) in [4.78, 5) is 10.8. The predicted molar refractivity (Wildman–Crippen MR) is 67.6 cm³/mol. The summed E-state index contributed by atoms with van der Waals surface area (Å²) in [5, 5.41) is 8.85. The maximum Gasteiger partial charge on any atom is 0.320 e. The Morgan fingerprint density at radius 2 is 2.22 bits per heavy atom. The number of nitrogens with two attached hydrogens (primary N) is 1. The van der Waals surface area contributed by atoms with Crippen molar-refractivity contribution in [3.63, 3.8) is 0 Å². The van der Waals surface area contributed by atoms with E-state index in [4.69, 9.17) is 20.3 Å². The van der Waals surface area contributed by atoms with Crippen LogP contribution in [0.4, 0.5) is 0 Å². The van der Waals surface area contributed by atoms with Crippen LogP contribution in [0.25, 0.3) is 0 Å². The van der Waals surface area contributed by atoms with Crippen molar-refractivity contribution in [3.8, 4) is 5.75 Å². The number of benzene rings is 1. The molecule has 3 N–H and O–H groups in total. The van der Waals surface area contributed by atoms with Crippen molar-refractivity contribution in [2.24, 2.45) is 5.73 Å². The molecule has 0 fully saturated rings. The summed E-state index contributed by atoms with van der Waals surface area (Å²) in [6.07, 6.45) is 0.238. The third-order valence-electron chi connectivity index (χ3n) is 2.49. The van der Waals surface area contributed by atoms with Crippen LogP contribution in [-0.2, 0) is 22.6 Å². The van der Waals surface area contributed by atoms with Crippen molar-refractivity contribution in [1.29, 1.82) is 0 Å². The van der Waals surface area contributed by atoms with Crippen LogP contribution in [0.5, 0.6) is 5.75 Å². The highest BCUT2D eigenvalue weighted by atomic mass is 16.5. The van der Waals surface area contributed by atoms with E-state index >= 15 is 0 Å². The monoisotopic (exact) mass is 253 g/mol. The zero-order valence-electron chi connectivity index (χ0n) is 10.7. The average molecular weight is 253 g/mol. The quantitative estimate of drug-likeness (QED) is 0.762. The molecule has 0 saturated carbocycles. The van der Waals surface area contributed by atoms with E-state index in [0.29, 0.717) is 19.0 Å². The van der Waals surface area contributed by atoms with Crippen LogP contribution in [0.2, 0.25) is 0 Å².